The molecular formula is C13H10BrFN2O2. The summed E-state index contributed by atoms with van der Waals surface area (Å²) in [5, 5.41) is 2.53. The van der Waals surface area contributed by atoms with Gasteiger partial charge in [-0.15, -0.1) is 0 Å². The number of pyridine rings is 1. The topological polar surface area (TPSA) is 51.2 Å². The van der Waals surface area contributed by atoms with E-state index in [9.17, 15) is 9.18 Å². The molecule has 0 spiro atoms. The van der Waals surface area contributed by atoms with Crippen LogP contribution >= 0.6 is 15.9 Å². The molecule has 4 nitrogen and oxygen atoms in total. The van der Waals surface area contributed by atoms with Crippen molar-refractivity contribution in [2.75, 3.05) is 11.9 Å². The van der Waals surface area contributed by atoms with E-state index in [1.54, 1.807) is 18.3 Å². The van der Waals surface area contributed by atoms with E-state index in [0.717, 1.165) is 4.47 Å². The number of ether oxygens (including phenoxy) is 1. The predicted molar refractivity (Wildman–Crippen MR) is 72.5 cm³/mol. The molecule has 2 aromatic rings. The molecule has 1 heterocycles. The van der Waals surface area contributed by atoms with Gasteiger partial charge < -0.3 is 10.1 Å². The van der Waals surface area contributed by atoms with Gasteiger partial charge in [0.15, 0.2) is 6.61 Å². The summed E-state index contributed by atoms with van der Waals surface area (Å²) < 4.78 is 18.9. The Bertz CT molecular complexity index is 592. The average Bonchev–Trinajstić information content (AvgIpc) is 2.36. The lowest BCUT2D eigenvalue weighted by Crippen LogP contribution is -2.20. The average molecular weight is 325 g/mol. The number of anilines is 1. The fourth-order valence-electron chi connectivity index (χ4n) is 1.38. The minimum Gasteiger partial charge on any atom is -0.482 e. The Balaban J connectivity index is 1.88. The summed E-state index contributed by atoms with van der Waals surface area (Å²) in [6.45, 7) is -0.172. The van der Waals surface area contributed by atoms with Crippen LogP contribution < -0.4 is 10.1 Å². The Morgan fingerprint density at radius 2 is 2.21 bits per heavy atom. The lowest BCUT2D eigenvalue weighted by atomic mass is 10.3. The molecule has 19 heavy (non-hydrogen) atoms. The minimum atomic E-state index is -0.407. The first-order chi connectivity index (χ1) is 9.13. The second kappa shape index (κ2) is 6.29. The lowest BCUT2D eigenvalue weighted by molar-refractivity contribution is -0.118. The maximum atomic E-state index is 12.9. The maximum absolute atomic E-state index is 12.9. The van der Waals surface area contributed by atoms with Gasteiger partial charge in [0, 0.05) is 16.4 Å². The van der Waals surface area contributed by atoms with Crippen LogP contribution in [0, 0.1) is 5.82 Å². The van der Waals surface area contributed by atoms with Crippen LogP contribution in [0.3, 0.4) is 0 Å². The number of benzene rings is 1. The van der Waals surface area contributed by atoms with Crippen molar-refractivity contribution in [2.24, 2.45) is 0 Å². The van der Waals surface area contributed by atoms with E-state index < -0.39 is 5.82 Å². The standard InChI is InChI=1S/C13H10BrFN2O2/c14-9-4-12(7-16-6-9)19-8-13(18)17-11-3-1-2-10(15)5-11/h1-7H,8H2,(H,17,18). The first-order valence-electron chi connectivity index (χ1n) is 5.42. The van der Waals surface area contributed by atoms with E-state index in [0.29, 0.717) is 11.4 Å². The SMILES string of the molecule is O=C(COc1cncc(Br)c1)Nc1cccc(F)c1. The third kappa shape index (κ3) is 4.33. The number of halogens is 2. The van der Waals surface area contributed by atoms with Gasteiger partial charge >= 0.3 is 0 Å². The second-order valence-electron chi connectivity index (χ2n) is 3.69. The summed E-state index contributed by atoms with van der Waals surface area (Å²) in [5.74, 6) is -0.302. The van der Waals surface area contributed by atoms with E-state index in [-0.39, 0.29) is 12.5 Å². The van der Waals surface area contributed by atoms with Gasteiger partial charge in [-0.2, -0.15) is 0 Å². The Kier molecular flexibility index (Phi) is 4.46. The molecule has 1 aromatic heterocycles. The first-order valence-corrected chi connectivity index (χ1v) is 6.21. The van der Waals surface area contributed by atoms with Crippen molar-refractivity contribution in [1.29, 1.82) is 0 Å². The molecule has 1 aromatic carbocycles. The Morgan fingerprint density at radius 3 is 2.95 bits per heavy atom. The smallest absolute Gasteiger partial charge is 0.262 e. The molecule has 6 heteroatoms. The van der Waals surface area contributed by atoms with Crippen LogP contribution in [0.1, 0.15) is 0 Å². The molecule has 2 rings (SSSR count). The zero-order chi connectivity index (χ0) is 13.7. The number of nitrogens with one attached hydrogen (secondary N) is 1. The minimum absolute atomic E-state index is 0.172. The Hall–Kier alpha value is -1.95. The van der Waals surface area contributed by atoms with E-state index in [1.165, 1.54) is 24.4 Å². The number of rotatable bonds is 4. The highest BCUT2D eigenvalue weighted by Crippen LogP contribution is 2.15. The molecule has 0 fully saturated rings. The highest BCUT2D eigenvalue weighted by atomic mass is 79.9. The quantitative estimate of drug-likeness (QED) is 0.940. The number of carbonyl (C=O) groups excluding carboxylic acids is 1. The fourth-order valence-corrected chi connectivity index (χ4v) is 1.73. The largest absolute Gasteiger partial charge is 0.482 e. The van der Waals surface area contributed by atoms with Crippen molar-refractivity contribution in [1.82, 2.24) is 4.98 Å². The number of amides is 1. The normalized spacial score (nSPS) is 10.0. The molecule has 0 unspecified atom stereocenters. The van der Waals surface area contributed by atoms with Gasteiger partial charge in [-0.1, -0.05) is 6.07 Å². The fraction of sp³-hybridized carbons (Fsp3) is 0.0769. The molecule has 0 bridgehead atoms. The van der Waals surface area contributed by atoms with Crippen molar-refractivity contribution >= 4 is 27.5 Å². The summed E-state index contributed by atoms with van der Waals surface area (Å²) >= 11 is 3.25. The highest BCUT2D eigenvalue weighted by molar-refractivity contribution is 9.10. The van der Waals surface area contributed by atoms with Crippen LogP contribution in [0.4, 0.5) is 10.1 Å². The van der Waals surface area contributed by atoms with Gasteiger partial charge in [0.25, 0.3) is 5.91 Å². The van der Waals surface area contributed by atoms with E-state index >= 15 is 0 Å². The third-order valence-electron chi connectivity index (χ3n) is 2.16. The van der Waals surface area contributed by atoms with Crippen molar-refractivity contribution in [3.05, 3.63) is 53.0 Å². The monoisotopic (exact) mass is 324 g/mol. The summed E-state index contributed by atoms with van der Waals surface area (Å²) in [5.41, 5.74) is 0.390. The van der Waals surface area contributed by atoms with E-state index in [1.807, 2.05) is 0 Å². The summed E-state index contributed by atoms with van der Waals surface area (Å²) in [4.78, 5) is 15.5. The third-order valence-corrected chi connectivity index (χ3v) is 2.59. The molecule has 0 radical (unpaired) electrons. The van der Waals surface area contributed by atoms with Gasteiger partial charge in [0.1, 0.15) is 11.6 Å². The van der Waals surface area contributed by atoms with Crippen LogP contribution in [0.5, 0.6) is 5.75 Å². The van der Waals surface area contributed by atoms with E-state index in [2.05, 4.69) is 26.2 Å². The number of nitrogens with zero attached hydrogens (tertiary/aromatic N) is 1. The number of hydrogen-bond acceptors (Lipinski definition) is 3. The molecule has 0 saturated carbocycles. The maximum Gasteiger partial charge on any atom is 0.262 e. The Labute approximate surface area is 117 Å². The van der Waals surface area contributed by atoms with Crippen LogP contribution in [0.2, 0.25) is 0 Å². The van der Waals surface area contributed by atoms with Gasteiger partial charge in [0.05, 0.1) is 6.20 Å². The lowest BCUT2D eigenvalue weighted by Gasteiger charge is -2.07. The second-order valence-corrected chi connectivity index (χ2v) is 4.60. The number of carbonyl (C=O) groups is 1. The molecule has 0 aliphatic heterocycles. The van der Waals surface area contributed by atoms with E-state index in [4.69, 9.17) is 4.74 Å². The van der Waals surface area contributed by atoms with Crippen molar-refractivity contribution < 1.29 is 13.9 Å². The number of hydrogen-bond donors (Lipinski definition) is 1. The van der Waals surface area contributed by atoms with Crippen LogP contribution in [-0.4, -0.2) is 17.5 Å². The molecule has 0 atom stereocenters. The van der Waals surface area contributed by atoms with Crippen LogP contribution in [0.15, 0.2) is 47.2 Å². The Morgan fingerprint density at radius 1 is 1.37 bits per heavy atom. The predicted octanol–water partition coefficient (Wildman–Crippen LogP) is 3.00. The number of aromatic nitrogens is 1. The van der Waals surface area contributed by atoms with Crippen LogP contribution in [-0.2, 0) is 4.79 Å². The molecule has 0 saturated heterocycles. The summed E-state index contributed by atoms with van der Waals surface area (Å²) in [6, 6.07) is 7.35. The highest BCUT2D eigenvalue weighted by Gasteiger charge is 2.04. The molecule has 1 amide bonds. The molecular weight excluding hydrogens is 315 g/mol. The van der Waals surface area contributed by atoms with Gasteiger partial charge in [-0.25, -0.2) is 4.39 Å². The van der Waals surface area contributed by atoms with Crippen molar-refractivity contribution in [2.45, 2.75) is 0 Å². The molecule has 98 valence electrons. The zero-order valence-corrected chi connectivity index (χ0v) is 11.4. The van der Waals surface area contributed by atoms with Gasteiger partial charge in [0.2, 0.25) is 0 Å². The van der Waals surface area contributed by atoms with Crippen molar-refractivity contribution in [3.8, 4) is 5.75 Å². The molecule has 0 aliphatic rings. The van der Waals surface area contributed by atoms with Crippen molar-refractivity contribution in [3.63, 3.8) is 0 Å². The molecule has 1 N–H and O–H groups in total. The van der Waals surface area contributed by atoms with Gasteiger partial charge in [-0.3, -0.25) is 9.78 Å². The summed E-state index contributed by atoms with van der Waals surface area (Å²) in [6.07, 6.45) is 3.11. The van der Waals surface area contributed by atoms with Gasteiger partial charge in [-0.05, 0) is 40.2 Å². The van der Waals surface area contributed by atoms with Crippen LogP contribution in [0.25, 0.3) is 0 Å². The molecule has 0 aliphatic carbocycles. The summed E-state index contributed by atoms with van der Waals surface area (Å²) in [7, 11) is 0. The first kappa shape index (κ1) is 13.5. The zero-order valence-electron chi connectivity index (χ0n) is 9.77.